The third-order valence-electron chi connectivity index (χ3n) is 2.40. The van der Waals surface area contributed by atoms with Crippen molar-refractivity contribution in [3.63, 3.8) is 0 Å². The average molecular weight is 213 g/mol. The second-order valence-corrected chi connectivity index (χ2v) is 3.47. The van der Waals surface area contributed by atoms with Crippen LogP contribution in [0.25, 0.3) is 0 Å². The number of halogens is 3. The van der Waals surface area contributed by atoms with Crippen molar-refractivity contribution in [1.82, 2.24) is 4.90 Å². The van der Waals surface area contributed by atoms with Gasteiger partial charge in [0.15, 0.2) is 6.10 Å². The van der Waals surface area contributed by atoms with Crippen molar-refractivity contribution in [3.8, 4) is 0 Å². The van der Waals surface area contributed by atoms with Gasteiger partial charge < -0.3 is 10.0 Å². The van der Waals surface area contributed by atoms with Crippen molar-refractivity contribution in [3.05, 3.63) is 0 Å². The summed E-state index contributed by atoms with van der Waals surface area (Å²) in [7, 11) is 1.60. The van der Waals surface area contributed by atoms with Gasteiger partial charge in [-0.2, -0.15) is 13.2 Å². The van der Waals surface area contributed by atoms with Crippen LogP contribution < -0.4 is 0 Å². The Labute approximate surface area is 82.7 Å². The maximum atomic E-state index is 12.0. The maximum absolute atomic E-state index is 12.0. The molecule has 0 spiro atoms. The lowest BCUT2D eigenvalue weighted by Gasteiger charge is -2.28. The van der Waals surface area contributed by atoms with Gasteiger partial charge in [0.25, 0.3) is 0 Å². The van der Waals surface area contributed by atoms with Crippen molar-refractivity contribution in [1.29, 1.82) is 0 Å². The Morgan fingerprint density at radius 3 is 1.93 bits per heavy atom. The first kappa shape index (κ1) is 13.7. The summed E-state index contributed by atoms with van der Waals surface area (Å²) >= 11 is 0. The Bertz CT molecular complexity index is 157. The van der Waals surface area contributed by atoms with Crippen molar-refractivity contribution in [2.24, 2.45) is 0 Å². The van der Waals surface area contributed by atoms with Crippen LogP contribution in [0.1, 0.15) is 26.7 Å². The molecule has 2 nitrogen and oxygen atoms in total. The van der Waals surface area contributed by atoms with E-state index in [0.29, 0.717) is 0 Å². The molecule has 0 aromatic rings. The van der Waals surface area contributed by atoms with Crippen molar-refractivity contribution in [2.45, 2.75) is 45.0 Å². The van der Waals surface area contributed by atoms with Crippen molar-refractivity contribution < 1.29 is 18.3 Å². The molecule has 5 heteroatoms. The number of aliphatic hydroxyl groups is 1. The molecule has 0 radical (unpaired) electrons. The minimum atomic E-state index is -4.51. The molecule has 14 heavy (non-hydrogen) atoms. The first-order chi connectivity index (χ1) is 6.32. The average Bonchev–Trinajstić information content (AvgIpc) is 2.04. The Kier molecular flexibility index (Phi) is 5.44. The van der Waals surface area contributed by atoms with E-state index in [2.05, 4.69) is 0 Å². The summed E-state index contributed by atoms with van der Waals surface area (Å²) in [6.07, 6.45) is -5.18. The minimum absolute atomic E-state index is 0.104. The summed E-state index contributed by atoms with van der Waals surface area (Å²) in [5.41, 5.74) is 0. The van der Waals surface area contributed by atoms with Gasteiger partial charge in [-0.25, -0.2) is 0 Å². The number of hydrogen-bond acceptors (Lipinski definition) is 2. The molecule has 0 aliphatic heterocycles. The zero-order valence-corrected chi connectivity index (χ0v) is 8.80. The minimum Gasteiger partial charge on any atom is -0.382 e. The summed E-state index contributed by atoms with van der Waals surface area (Å²) < 4.78 is 36.0. The van der Waals surface area contributed by atoms with Gasteiger partial charge >= 0.3 is 6.18 Å². The van der Waals surface area contributed by atoms with E-state index < -0.39 is 12.3 Å². The topological polar surface area (TPSA) is 23.5 Å². The van der Waals surface area contributed by atoms with Gasteiger partial charge in [0, 0.05) is 12.6 Å². The van der Waals surface area contributed by atoms with E-state index >= 15 is 0 Å². The Morgan fingerprint density at radius 2 is 1.64 bits per heavy atom. The highest BCUT2D eigenvalue weighted by atomic mass is 19.4. The van der Waals surface area contributed by atoms with Gasteiger partial charge in [0.2, 0.25) is 0 Å². The van der Waals surface area contributed by atoms with E-state index in [1.165, 1.54) is 0 Å². The van der Waals surface area contributed by atoms with Crippen LogP contribution in [0.15, 0.2) is 0 Å². The zero-order chi connectivity index (χ0) is 11.4. The molecule has 0 saturated carbocycles. The number of aliphatic hydroxyl groups excluding tert-OH is 1. The molecule has 1 atom stereocenters. The molecule has 86 valence electrons. The molecule has 0 saturated heterocycles. The lowest BCUT2D eigenvalue weighted by atomic mass is 10.1. The Morgan fingerprint density at radius 1 is 1.21 bits per heavy atom. The standard InChI is InChI=1S/C9H18F3NO/c1-4-7(5-2)13(3)6-8(14)9(10,11)12/h7-8,14H,4-6H2,1-3H3. The molecule has 0 heterocycles. The molecule has 0 rings (SSSR count). The fourth-order valence-electron chi connectivity index (χ4n) is 1.44. The number of alkyl halides is 3. The van der Waals surface area contributed by atoms with Crippen LogP contribution in [-0.4, -0.2) is 41.9 Å². The van der Waals surface area contributed by atoms with Gasteiger partial charge in [-0.3, -0.25) is 0 Å². The number of nitrogens with zero attached hydrogens (tertiary/aromatic N) is 1. The van der Waals surface area contributed by atoms with Crippen LogP contribution in [0.4, 0.5) is 13.2 Å². The van der Waals surface area contributed by atoms with Crippen molar-refractivity contribution >= 4 is 0 Å². The second kappa shape index (κ2) is 5.56. The molecular formula is C9H18F3NO. The molecule has 0 bridgehead atoms. The SMILES string of the molecule is CCC(CC)N(C)CC(O)C(F)(F)F. The van der Waals surface area contributed by atoms with Crippen LogP contribution >= 0.6 is 0 Å². The zero-order valence-electron chi connectivity index (χ0n) is 8.80. The fourth-order valence-corrected chi connectivity index (χ4v) is 1.44. The molecule has 0 aliphatic carbocycles. The third kappa shape index (κ3) is 4.28. The van der Waals surface area contributed by atoms with Gasteiger partial charge in [-0.1, -0.05) is 13.8 Å². The summed E-state index contributed by atoms with van der Waals surface area (Å²) in [5, 5.41) is 8.83. The fraction of sp³-hybridized carbons (Fsp3) is 1.00. The van der Waals surface area contributed by atoms with E-state index in [1.807, 2.05) is 13.8 Å². The molecule has 0 fully saturated rings. The van der Waals surface area contributed by atoms with E-state index in [4.69, 9.17) is 5.11 Å². The van der Waals surface area contributed by atoms with Crippen LogP contribution in [0, 0.1) is 0 Å². The van der Waals surface area contributed by atoms with Crippen LogP contribution in [0.2, 0.25) is 0 Å². The maximum Gasteiger partial charge on any atom is 0.415 e. The summed E-state index contributed by atoms with van der Waals surface area (Å²) in [6.45, 7) is 3.49. The van der Waals surface area contributed by atoms with Gasteiger partial charge in [0.1, 0.15) is 0 Å². The monoisotopic (exact) mass is 213 g/mol. The highest BCUT2D eigenvalue weighted by Crippen LogP contribution is 2.21. The summed E-state index contributed by atoms with van der Waals surface area (Å²) in [4.78, 5) is 1.55. The summed E-state index contributed by atoms with van der Waals surface area (Å²) in [5.74, 6) is 0. The smallest absolute Gasteiger partial charge is 0.382 e. The van der Waals surface area contributed by atoms with E-state index in [-0.39, 0.29) is 12.6 Å². The first-order valence-corrected chi connectivity index (χ1v) is 4.77. The lowest BCUT2D eigenvalue weighted by molar-refractivity contribution is -0.208. The molecule has 1 unspecified atom stereocenters. The highest BCUT2D eigenvalue weighted by Gasteiger charge is 2.39. The molecular weight excluding hydrogens is 195 g/mol. The number of hydrogen-bond donors (Lipinski definition) is 1. The number of rotatable bonds is 5. The van der Waals surface area contributed by atoms with Gasteiger partial charge in [0.05, 0.1) is 0 Å². The Balaban J connectivity index is 4.10. The van der Waals surface area contributed by atoms with Crippen LogP contribution in [0.5, 0.6) is 0 Å². The third-order valence-corrected chi connectivity index (χ3v) is 2.40. The van der Waals surface area contributed by atoms with Crippen molar-refractivity contribution in [2.75, 3.05) is 13.6 Å². The second-order valence-electron chi connectivity index (χ2n) is 3.47. The van der Waals surface area contributed by atoms with Gasteiger partial charge in [-0.15, -0.1) is 0 Å². The van der Waals surface area contributed by atoms with Crippen LogP contribution in [0.3, 0.4) is 0 Å². The van der Waals surface area contributed by atoms with E-state index in [0.717, 1.165) is 12.8 Å². The number of likely N-dealkylation sites (N-methyl/N-ethyl adjacent to an activating group) is 1. The Hall–Kier alpha value is -0.290. The predicted octanol–water partition coefficient (Wildman–Crippen LogP) is 2.03. The predicted molar refractivity (Wildman–Crippen MR) is 49.1 cm³/mol. The largest absolute Gasteiger partial charge is 0.415 e. The quantitative estimate of drug-likeness (QED) is 0.755. The summed E-state index contributed by atoms with van der Waals surface area (Å²) in [6, 6.07) is 0.104. The first-order valence-electron chi connectivity index (χ1n) is 4.77. The molecule has 0 aromatic carbocycles. The van der Waals surface area contributed by atoms with E-state index in [9.17, 15) is 13.2 Å². The normalized spacial score (nSPS) is 15.2. The lowest BCUT2D eigenvalue weighted by Crippen LogP contribution is -2.43. The highest BCUT2D eigenvalue weighted by molar-refractivity contribution is 4.73. The van der Waals surface area contributed by atoms with Crippen LogP contribution in [-0.2, 0) is 0 Å². The van der Waals surface area contributed by atoms with E-state index in [1.54, 1.807) is 11.9 Å². The molecule has 0 amide bonds. The molecule has 1 N–H and O–H groups in total. The molecule has 0 aliphatic rings. The van der Waals surface area contributed by atoms with Gasteiger partial charge in [-0.05, 0) is 19.9 Å². The molecule has 0 aromatic heterocycles.